The first-order chi connectivity index (χ1) is 23.6. The van der Waals surface area contributed by atoms with Gasteiger partial charge in [-0.15, -0.1) is 0 Å². The van der Waals surface area contributed by atoms with Gasteiger partial charge >= 0.3 is 0 Å². The molecule has 3 nitrogen and oxygen atoms in total. The normalized spacial score (nSPS) is 11.1. The molecule has 0 unspecified atom stereocenters. The van der Waals surface area contributed by atoms with Crippen LogP contribution in [0.15, 0.2) is 72.8 Å². The van der Waals surface area contributed by atoms with E-state index in [-0.39, 0.29) is 18.0 Å². The minimum absolute atomic E-state index is 0.161. The average Bonchev–Trinajstić information content (AvgIpc) is 3.12. The number of benzene rings is 3. The number of carbonyl (C=O) groups excluding carboxylic acids is 2. The summed E-state index contributed by atoms with van der Waals surface area (Å²) in [5.41, 5.74) is 4.66. The van der Waals surface area contributed by atoms with Crippen LogP contribution < -0.4 is 4.74 Å². The van der Waals surface area contributed by atoms with Crippen molar-refractivity contribution in [3.8, 4) is 16.9 Å². The van der Waals surface area contributed by atoms with Crippen LogP contribution in [0, 0.1) is 0 Å². The monoisotopic (exact) mass is 652 g/mol. The van der Waals surface area contributed by atoms with Gasteiger partial charge in [0.15, 0.2) is 11.6 Å². The van der Waals surface area contributed by atoms with Crippen LogP contribution in [0.2, 0.25) is 0 Å². The molecule has 0 heterocycles. The highest BCUT2D eigenvalue weighted by atomic mass is 16.5. The van der Waals surface area contributed by atoms with Crippen LogP contribution in [0.3, 0.4) is 0 Å². The number of hydrogen-bond donors (Lipinski definition) is 0. The Morgan fingerprint density at radius 3 is 1.48 bits per heavy atom. The first-order valence-electron chi connectivity index (χ1n) is 19.6. The van der Waals surface area contributed by atoms with Gasteiger partial charge in [-0.2, -0.15) is 0 Å². The topological polar surface area (TPSA) is 43.4 Å². The van der Waals surface area contributed by atoms with E-state index in [1.165, 1.54) is 121 Å². The molecule has 0 aliphatic rings. The maximum Gasteiger partial charge on any atom is 0.174 e. The molecule has 3 rings (SSSR count). The van der Waals surface area contributed by atoms with Crippen LogP contribution in [-0.2, 0) is 6.42 Å². The van der Waals surface area contributed by atoms with Crippen LogP contribution >= 0.6 is 0 Å². The fraction of sp³-hybridized carbons (Fsp3) is 0.556. The van der Waals surface area contributed by atoms with Crippen LogP contribution in [0.25, 0.3) is 11.1 Å². The Labute approximate surface area is 293 Å². The Balaban J connectivity index is 1.36. The lowest BCUT2D eigenvalue weighted by atomic mass is 9.97. The van der Waals surface area contributed by atoms with E-state index in [0.717, 1.165) is 30.4 Å². The summed E-state index contributed by atoms with van der Waals surface area (Å²) in [6, 6.07) is 23.8. The van der Waals surface area contributed by atoms with E-state index < -0.39 is 0 Å². The molecular formula is C45H64O3. The Hall–Kier alpha value is -3.20. The molecule has 3 aromatic rings. The van der Waals surface area contributed by atoms with Crippen LogP contribution in [-0.4, -0.2) is 18.2 Å². The Kier molecular flexibility index (Phi) is 20.3. The van der Waals surface area contributed by atoms with E-state index >= 15 is 0 Å². The van der Waals surface area contributed by atoms with Crippen LogP contribution in [0.5, 0.6) is 5.75 Å². The first-order valence-corrected chi connectivity index (χ1v) is 19.6. The molecule has 0 saturated carbocycles. The number of carbonyl (C=O) groups is 2. The second-order valence-electron chi connectivity index (χ2n) is 13.8. The lowest BCUT2D eigenvalue weighted by Gasteiger charge is -2.11. The average molecular weight is 653 g/mol. The third-order valence-electron chi connectivity index (χ3n) is 9.58. The van der Waals surface area contributed by atoms with Crippen molar-refractivity contribution >= 4 is 11.6 Å². The zero-order valence-electron chi connectivity index (χ0n) is 30.4. The summed E-state index contributed by atoms with van der Waals surface area (Å²) >= 11 is 0. The number of unbranched alkanes of at least 4 members (excludes halogenated alkanes) is 18. The van der Waals surface area contributed by atoms with E-state index in [1.54, 1.807) is 6.07 Å². The second-order valence-corrected chi connectivity index (χ2v) is 13.8. The summed E-state index contributed by atoms with van der Waals surface area (Å²) in [7, 11) is 0. The zero-order valence-corrected chi connectivity index (χ0v) is 30.4. The molecule has 0 aromatic heterocycles. The Morgan fingerprint density at radius 2 is 0.938 bits per heavy atom. The maximum absolute atomic E-state index is 13.2. The summed E-state index contributed by atoms with van der Waals surface area (Å²) in [6.45, 7) is 5.13. The largest absolute Gasteiger partial charge is 0.493 e. The summed E-state index contributed by atoms with van der Waals surface area (Å²) in [6.07, 6.45) is 27.3. The molecule has 0 aliphatic heterocycles. The standard InChI is InChI=1S/C45H64O3/c1-3-5-7-9-11-13-15-17-19-21-25-38-28-30-39(31-29-38)40-32-34-41(35-33-40)43(46)37-44(47)42-26-22-23-27-45(42)48-36-24-20-18-16-14-12-10-8-6-4-2/h22-23,26-35H,3-21,24-25,36-37H2,1-2H3. The molecule has 0 radical (unpaired) electrons. The minimum Gasteiger partial charge on any atom is -0.493 e. The second kappa shape index (κ2) is 24.9. The fourth-order valence-electron chi connectivity index (χ4n) is 6.47. The predicted octanol–water partition coefficient (Wildman–Crippen LogP) is 13.6. The van der Waals surface area contributed by atoms with Crippen molar-refractivity contribution in [1.29, 1.82) is 0 Å². The van der Waals surface area contributed by atoms with E-state index in [0.29, 0.717) is 23.5 Å². The van der Waals surface area contributed by atoms with Crippen molar-refractivity contribution in [3.05, 3.63) is 89.5 Å². The van der Waals surface area contributed by atoms with E-state index in [2.05, 4.69) is 38.1 Å². The quantitative estimate of drug-likeness (QED) is 0.0445. The number of ketones is 2. The highest BCUT2D eigenvalue weighted by Gasteiger charge is 2.17. The van der Waals surface area contributed by atoms with E-state index in [4.69, 9.17) is 4.74 Å². The van der Waals surface area contributed by atoms with Gasteiger partial charge in [-0.3, -0.25) is 9.59 Å². The van der Waals surface area contributed by atoms with Crippen molar-refractivity contribution in [2.75, 3.05) is 6.61 Å². The Morgan fingerprint density at radius 1 is 0.479 bits per heavy atom. The molecular weight excluding hydrogens is 588 g/mol. The number of hydrogen-bond acceptors (Lipinski definition) is 3. The highest BCUT2D eigenvalue weighted by molar-refractivity contribution is 6.14. The van der Waals surface area contributed by atoms with Gasteiger partial charge in [0.25, 0.3) is 0 Å². The predicted molar refractivity (Wildman–Crippen MR) is 204 cm³/mol. The molecule has 0 N–H and O–H groups in total. The van der Waals surface area contributed by atoms with Gasteiger partial charge in [0, 0.05) is 5.56 Å². The lowest BCUT2D eigenvalue weighted by Crippen LogP contribution is -2.11. The van der Waals surface area contributed by atoms with Gasteiger partial charge in [-0.05, 0) is 48.1 Å². The van der Waals surface area contributed by atoms with Gasteiger partial charge in [-0.25, -0.2) is 0 Å². The summed E-state index contributed by atoms with van der Waals surface area (Å²) in [4.78, 5) is 26.2. The van der Waals surface area contributed by atoms with Crippen molar-refractivity contribution in [2.24, 2.45) is 0 Å². The molecule has 262 valence electrons. The smallest absolute Gasteiger partial charge is 0.174 e. The van der Waals surface area contributed by atoms with Crippen molar-refractivity contribution in [2.45, 2.75) is 155 Å². The number of aryl methyl sites for hydroxylation is 1. The van der Waals surface area contributed by atoms with Crippen LogP contribution in [0.1, 0.15) is 175 Å². The van der Waals surface area contributed by atoms with Gasteiger partial charge in [-0.1, -0.05) is 190 Å². The number of para-hydroxylation sites is 1. The van der Waals surface area contributed by atoms with Gasteiger partial charge in [0.1, 0.15) is 5.75 Å². The molecule has 0 amide bonds. The fourth-order valence-corrected chi connectivity index (χ4v) is 6.47. The maximum atomic E-state index is 13.2. The number of rotatable bonds is 28. The number of ether oxygens (including phenoxy) is 1. The third kappa shape index (κ3) is 15.8. The Bertz CT molecular complexity index is 1270. The molecule has 0 atom stereocenters. The summed E-state index contributed by atoms with van der Waals surface area (Å²) in [5, 5.41) is 0. The van der Waals surface area contributed by atoms with Gasteiger partial charge in [0.2, 0.25) is 0 Å². The minimum atomic E-state index is -0.194. The number of Topliss-reactive ketones (excluding diaryl/α,β-unsaturated/α-hetero) is 2. The highest BCUT2D eigenvalue weighted by Crippen LogP contribution is 2.24. The molecule has 0 fully saturated rings. The van der Waals surface area contributed by atoms with Crippen molar-refractivity contribution < 1.29 is 14.3 Å². The van der Waals surface area contributed by atoms with Gasteiger partial charge < -0.3 is 4.74 Å². The molecule has 3 heteroatoms. The molecule has 0 saturated heterocycles. The third-order valence-corrected chi connectivity index (χ3v) is 9.58. The molecule has 0 aliphatic carbocycles. The van der Waals surface area contributed by atoms with Gasteiger partial charge in [0.05, 0.1) is 18.6 Å². The summed E-state index contributed by atoms with van der Waals surface area (Å²) in [5.74, 6) is 0.224. The lowest BCUT2D eigenvalue weighted by molar-refractivity contribution is 0.0892. The summed E-state index contributed by atoms with van der Waals surface area (Å²) < 4.78 is 6.01. The molecule has 0 bridgehead atoms. The van der Waals surface area contributed by atoms with E-state index in [1.807, 2.05) is 42.5 Å². The van der Waals surface area contributed by atoms with Crippen LogP contribution in [0.4, 0.5) is 0 Å². The van der Waals surface area contributed by atoms with E-state index in [9.17, 15) is 9.59 Å². The molecule has 48 heavy (non-hydrogen) atoms. The van der Waals surface area contributed by atoms with Crippen molar-refractivity contribution in [3.63, 3.8) is 0 Å². The van der Waals surface area contributed by atoms with Crippen molar-refractivity contribution in [1.82, 2.24) is 0 Å². The molecule has 3 aromatic carbocycles. The first kappa shape index (κ1) is 39.2. The zero-order chi connectivity index (χ0) is 34.1. The SMILES string of the molecule is CCCCCCCCCCCCOc1ccccc1C(=O)CC(=O)c1ccc(-c2ccc(CCCCCCCCCCCC)cc2)cc1. The molecule has 0 spiro atoms.